The summed E-state index contributed by atoms with van der Waals surface area (Å²) < 4.78 is 0.949. The third-order valence-electron chi connectivity index (χ3n) is 5.64. The van der Waals surface area contributed by atoms with Gasteiger partial charge in [0.2, 0.25) is 5.78 Å². The third-order valence-corrected chi connectivity index (χ3v) is 7.53. The number of aryl methyl sites for hydroxylation is 2. The molecule has 1 N–H and O–H groups in total. The fraction of sp³-hybridized carbons (Fsp3) is 0.160. The van der Waals surface area contributed by atoms with E-state index in [2.05, 4.69) is 11.9 Å². The third kappa shape index (κ3) is 3.34. The fourth-order valence-corrected chi connectivity index (χ4v) is 5.72. The van der Waals surface area contributed by atoms with Crippen molar-refractivity contribution in [3.8, 4) is 0 Å². The number of thiophene rings is 1. The maximum absolute atomic E-state index is 13.4. The molecule has 2 aromatic heterocycles. The average Bonchev–Trinajstić information content (AvgIpc) is 3.52. The molecule has 0 saturated carbocycles. The summed E-state index contributed by atoms with van der Waals surface area (Å²) in [4.78, 5) is 33.2. The van der Waals surface area contributed by atoms with Crippen molar-refractivity contribution in [1.82, 2.24) is 4.98 Å². The van der Waals surface area contributed by atoms with Crippen LogP contribution >= 0.6 is 22.7 Å². The minimum atomic E-state index is -0.746. The first-order valence-electron chi connectivity index (χ1n) is 10.3. The lowest BCUT2D eigenvalue weighted by molar-refractivity contribution is -0.117. The summed E-state index contributed by atoms with van der Waals surface area (Å²) in [5, 5.41) is 13.1. The summed E-state index contributed by atoms with van der Waals surface area (Å²) in [5.41, 5.74) is 3.88. The molecule has 0 fully saturated rings. The predicted octanol–water partition coefficient (Wildman–Crippen LogP) is 6.01. The number of carbonyl (C=O) groups excluding carboxylic acids is 2. The van der Waals surface area contributed by atoms with Crippen molar-refractivity contribution in [2.45, 2.75) is 26.3 Å². The number of amides is 1. The van der Waals surface area contributed by atoms with E-state index in [4.69, 9.17) is 0 Å². The fourth-order valence-electron chi connectivity index (χ4n) is 3.95. The van der Waals surface area contributed by atoms with Gasteiger partial charge in [0.15, 0.2) is 10.9 Å². The van der Waals surface area contributed by atoms with Gasteiger partial charge in [0.1, 0.15) is 0 Å². The number of aliphatic hydroxyl groups is 1. The monoisotopic (exact) mass is 460 g/mol. The Labute approximate surface area is 193 Å². The zero-order valence-electron chi connectivity index (χ0n) is 17.5. The van der Waals surface area contributed by atoms with Crippen LogP contribution in [-0.4, -0.2) is 21.8 Å². The summed E-state index contributed by atoms with van der Waals surface area (Å²) in [6, 6.07) is 16.5. The normalized spacial score (nSPS) is 16.4. The van der Waals surface area contributed by atoms with Crippen molar-refractivity contribution < 1.29 is 14.7 Å². The van der Waals surface area contributed by atoms with Crippen molar-refractivity contribution in [3.05, 3.63) is 92.9 Å². The first kappa shape index (κ1) is 20.6. The van der Waals surface area contributed by atoms with Gasteiger partial charge in [0.25, 0.3) is 5.91 Å². The number of rotatable bonds is 5. The Hall–Kier alpha value is -3.29. The number of anilines is 1. The molecule has 1 aliphatic rings. The van der Waals surface area contributed by atoms with Gasteiger partial charge in [-0.1, -0.05) is 54.7 Å². The van der Waals surface area contributed by atoms with Crippen molar-refractivity contribution in [1.29, 1.82) is 0 Å². The first-order valence-corrected chi connectivity index (χ1v) is 12.0. The van der Waals surface area contributed by atoms with Crippen LogP contribution in [0.3, 0.4) is 0 Å². The van der Waals surface area contributed by atoms with Crippen LogP contribution in [0.4, 0.5) is 5.13 Å². The van der Waals surface area contributed by atoms with Crippen LogP contribution in [0.1, 0.15) is 39.3 Å². The van der Waals surface area contributed by atoms with Crippen LogP contribution in [0.5, 0.6) is 0 Å². The second-order valence-electron chi connectivity index (χ2n) is 7.71. The average molecular weight is 461 g/mol. The smallest absolute Gasteiger partial charge is 0.296 e. The Balaban J connectivity index is 1.67. The lowest BCUT2D eigenvalue weighted by Gasteiger charge is -2.24. The van der Waals surface area contributed by atoms with Crippen LogP contribution < -0.4 is 4.90 Å². The van der Waals surface area contributed by atoms with E-state index in [-0.39, 0.29) is 11.4 Å². The number of ketones is 1. The van der Waals surface area contributed by atoms with E-state index < -0.39 is 17.7 Å². The maximum atomic E-state index is 13.4. The highest BCUT2D eigenvalue weighted by atomic mass is 32.1. The highest BCUT2D eigenvalue weighted by molar-refractivity contribution is 7.22. The Morgan fingerprint density at radius 1 is 1.16 bits per heavy atom. The van der Waals surface area contributed by atoms with Crippen molar-refractivity contribution >= 4 is 49.7 Å². The molecule has 1 atom stereocenters. The number of aromatic nitrogens is 1. The molecule has 0 spiro atoms. The van der Waals surface area contributed by atoms with Crippen LogP contribution in [0.25, 0.3) is 10.2 Å². The number of hydrogen-bond acceptors (Lipinski definition) is 6. The topological polar surface area (TPSA) is 70.5 Å². The van der Waals surface area contributed by atoms with Crippen LogP contribution in [0, 0.1) is 6.92 Å². The van der Waals surface area contributed by atoms with E-state index in [0.29, 0.717) is 10.0 Å². The quantitative estimate of drug-likeness (QED) is 0.370. The number of hydrogen-bond donors (Lipinski definition) is 1. The van der Waals surface area contributed by atoms with E-state index in [1.165, 1.54) is 27.6 Å². The zero-order valence-corrected chi connectivity index (χ0v) is 19.2. The van der Waals surface area contributed by atoms with Crippen LogP contribution in [0.2, 0.25) is 0 Å². The largest absolute Gasteiger partial charge is 0.503 e. The lowest BCUT2D eigenvalue weighted by Crippen LogP contribution is -2.30. The summed E-state index contributed by atoms with van der Waals surface area (Å²) in [6.45, 7) is 4.07. The molecule has 0 aliphatic carbocycles. The number of carbonyl (C=O) groups is 2. The second kappa shape index (κ2) is 8.00. The molecule has 1 amide bonds. The van der Waals surface area contributed by atoms with Gasteiger partial charge in [-0.2, -0.15) is 0 Å². The summed E-state index contributed by atoms with van der Waals surface area (Å²) in [5.74, 6) is -1.46. The molecule has 0 radical (unpaired) electrons. The highest BCUT2D eigenvalue weighted by Crippen LogP contribution is 2.44. The number of aliphatic hydroxyl groups excluding tert-OH is 1. The SMILES string of the molecule is CCc1ccc(C2C(C(=O)c3cccs3)=C(O)C(=O)N2c2nc3ccc(C)cc3s2)cc1. The van der Waals surface area contributed by atoms with Gasteiger partial charge in [0, 0.05) is 0 Å². The molecule has 1 aliphatic heterocycles. The Bertz CT molecular complexity index is 1370. The Kier molecular flexibility index (Phi) is 5.15. The molecule has 5 rings (SSSR count). The van der Waals surface area contributed by atoms with Gasteiger partial charge in [0.05, 0.1) is 26.7 Å². The first-order chi connectivity index (χ1) is 15.5. The second-order valence-corrected chi connectivity index (χ2v) is 9.67. The van der Waals surface area contributed by atoms with E-state index in [9.17, 15) is 14.7 Å². The van der Waals surface area contributed by atoms with Gasteiger partial charge < -0.3 is 5.11 Å². The van der Waals surface area contributed by atoms with E-state index >= 15 is 0 Å². The van der Waals surface area contributed by atoms with Gasteiger partial charge in [-0.05, 0) is 53.6 Å². The number of nitrogens with zero attached hydrogens (tertiary/aromatic N) is 2. The van der Waals surface area contributed by atoms with E-state index in [0.717, 1.165) is 33.3 Å². The summed E-state index contributed by atoms with van der Waals surface area (Å²) >= 11 is 2.67. The molecule has 3 heterocycles. The van der Waals surface area contributed by atoms with Crippen molar-refractivity contribution in [3.63, 3.8) is 0 Å². The van der Waals surface area contributed by atoms with Crippen LogP contribution in [0.15, 0.2) is 71.3 Å². The highest BCUT2D eigenvalue weighted by Gasteiger charge is 2.46. The zero-order chi connectivity index (χ0) is 22.4. The summed E-state index contributed by atoms with van der Waals surface area (Å²) in [7, 11) is 0. The van der Waals surface area contributed by atoms with Crippen molar-refractivity contribution in [2.24, 2.45) is 0 Å². The number of thiazole rings is 1. The van der Waals surface area contributed by atoms with Gasteiger partial charge in [-0.3, -0.25) is 14.5 Å². The van der Waals surface area contributed by atoms with Gasteiger partial charge >= 0.3 is 0 Å². The number of benzene rings is 2. The Morgan fingerprint density at radius 3 is 2.62 bits per heavy atom. The van der Waals surface area contributed by atoms with Crippen LogP contribution in [-0.2, 0) is 11.2 Å². The standard InChI is InChI=1S/C25H20N2O3S2/c1-3-15-7-9-16(10-8-15)21-20(22(28)18-5-4-12-31-18)23(29)24(30)27(21)25-26-17-11-6-14(2)13-19(17)32-25/h4-13,21,29H,3H2,1-2H3. The molecule has 7 heteroatoms. The molecule has 4 aromatic rings. The molecule has 2 aromatic carbocycles. The van der Waals surface area contributed by atoms with E-state index in [1.807, 2.05) is 49.4 Å². The molecule has 0 saturated heterocycles. The number of Topliss-reactive ketones (excluding diaryl/α,β-unsaturated/α-hetero) is 1. The molecule has 1 unspecified atom stereocenters. The molecule has 0 bridgehead atoms. The number of fused-ring (bicyclic) bond motifs is 1. The molecular formula is C25H20N2O3S2. The minimum absolute atomic E-state index is 0.0946. The van der Waals surface area contributed by atoms with E-state index in [1.54, 1.807) is 17.5 Å². The summed E-state index contributed by atoms with van der Waals surface area (Å²) in [6.07, 6.45) is 0.882. The predicted molar refractivity (Wildman–Crippen MR) is 129 cm³/mol. The minimum Gasteiger partial charge on any atom is -0.503 e. The Morgan fingerprint density at radius 2 is 1.94 bits per heavy atom. The van der Waals surface area contributed by atoms with Crippen molar-refractivity contribution in [2.75, 3.05) is 4.90 Å². The molecular weight excluding hydrogens is 440 g/mol. The molecule has 5 nitrogen and oxygen atoms in total. The van der Waals surface area contributed by atoms with Gasteiger partial charge in [-0.25, -0.2) is 4.98 Å². The van der Waals surface area contributed by atoms with Gasteiger partial charge in [-0.15, -0.1) is 11.3 Å². The molecule has 160 valence electrons. The molecule has 32 heavy (non-hydrogen) atoms. The maximum Gasteiger partial charge on any atom is 0.296 e. The lowest BCUT2D eigenvalue weighted by atomic mass is 9.94.